The number of ether oxygens (including phenoxy) is 1. The van der Waals surface area contributed by atoms with Gasteiger partial charge in [-0.2, -0.15) is 0 Å². The Kier molecular flexibility index (Phi) is 4.76. The lowest BCUT2D eigenvalue weighted by atomic mass is 10.1. The van der Waals surface area contributed by atoms with Crippen molar-refractivity contribution in [3.05, 3.63) is 58.1 Å². The van der Waals surface area contributed by atoms with Crippen molar-refractivity contribution in [3.8, 4) is 11.5 Å². The Balaban J connectivity index is 2.13. The molecule has 0 saturated carbocycles. The van der Waals surface area contributed by atoms with Crippen LogP contribution in [0.15, 0.2) is 46.9 Å². The third-order valence-electron chi connectivity index (χ3n) is 2.73. The largest absolute Gasteiger partial charge is 0.478 e. The van der Waals surface area contributed by atoms with Crippen LogP contribution in [0.2, 0.25) is 0 Å². The van der Waals surface area contributed by atoms with Gasteiger partial charge in [-0.15, -0.1) is 0 Å². The second-order valence-electron chi connectivity index (χ2n) is 4.17. The summed E-state index contributed by atoms with van der Waals surface area (Å²) < 4.78 is 6.11. The molecular formula is C15H13BrO4. The van der Waals surface area contributed by atoms with Crippen LogP contribution in [0.4, 0.5) is 0 Å². The molecule has 0 amide bonds. The Morgan fingerprint density at radius 2 is 1.75 bits per heavy atom. The maximum Gasteiger partial charge on any atom is 0.336 e. The van der Waals surface area contributed by atoms with Gasteiger partial charge in [-0.05, 0) is 58.2 Å². The van der Waals surface area contributed by atoms with E-state index in [0.717, 1.165) is 5.56 Å². The Morgan fingerprint density at radius 3 is 2.30 bits per heavy atom. The summed E-state index contributed by atoms with van der Waals surface area (Å²) in [4.78, 5) is 10.9. The quantitative estimate of drug-likeness (QED) is 0.877. The Labute approximate surface area is 124 Å². The Morgan fingerprint density at radius 1 is 1.10 bits per heavy atom. The first-order chi connectivity index (χ1) is 9.60. The molecule has 4 nitrogen and oxygen atoms in total. The third kappa shape index (κ3) is 3.59. The van der Waals surface area contributed by atoms with Crippen LogP contribution in [0.3, 0.4) is 0 Å². The lowest BCUT2D eigenvalue weighted by molar-refractivity contribution is 0.0696. The van der Waals surface area contributed by atoms with Crippen LogP contribution in [-0.4, -0.2) is 22.8 Å². The zero-order chi connectivity index (χ0) is 14.5. The van der Waals surface area contributed by atoms with E-state index in [1.165, 1.54) is 6.07 Å². The molecule has 2 rings (SSSR count). The summed E-state index contributed by atoms with van der Waals surface area (Å²) in [5, 5.41) is 17.8. The van der Waals surface area contributed by atoms with Crippen molar-refractivity contribution in [2.45, 2.75) is 6.42 Å². The second-order valence-corrected chi connectivity index (χ2v) is 5.02. The molecule has 0 spiro atoms. The van der Waals surface area contributed by atoms with E-state index in [1.54, 1.807) is 12.1 Å². The molecule has 0 aromatic heterocycles. The first-order valence-corrected chi connectivity index (χ1v) is 6.80. The molecular weight excluding hydrogens is 324 g/mol. The molecule has 0 saturated heterocycles. The highest BCUT2D eigenvalue weighted by Crippen LogP contribution is 2.27. The average Bonchev–Trinajstić information content (AvgIpc) is 2.41. The molecule has 20 heavy (non-hydrogen) atoms. The molecule has 0 bridgehead atoms. The number of halogens is 1. The van der Waals surface area contributed by atoms with E-state index in [0.29, 0.717) is 22.4 Å². The monoisotopic (exact) mass is 336 g/mol. The number of aliphatic hydroxyl groups excluding tert-OH is 1. The van der Waals surface area contributed by atoms with Gasteiger partial charge in [-0.1, -0.05) is 12.1 Å². The smallest absolute Gasteiger partial charge is 0.336 e. The molecule has 0 aliphatic heterocycles. The van der Waals surface area contributed by atoms with E-state index in [4.69, 9.17) is 14.9 Å². The summed E-state index contributed by atoms with van der Waals surface area (Å²) in [7, 11) is 0. The summed E-state index contributed by atoms with van der Waals surface area (Å²) in [6.07, 6.45) is 0.610. The van der Waals surface area contributed by atoms with Crippen molar-refractivity contribution in [3.63, 3.8) is 0 Å². The molecule has 2 aromatic rings. The highest BCUT2D eigenvalue weighted by atomic mass is 79.9. The minimum atomic E-state index is -0.989. The summed E-state index contributed by atoms with van der Waals surface area (Å²) in [6, 6.07) is 12.1. The van der Waals surface area contributed by atoms with Crippen LogP contribution in [0.5, 0.6) is 11.5 Å². The van der Waals surface area contributed by atoms with Crippen molar-refractivity contribution in [1.29, 1.82) is 0 Å². The van der Waals surface area contributed by atoms with Gasteiger partial charge in [0.2, 0.25) is 0 Å². The molecule has 0 atom stereocenters. The van der Waals surface area contributed by atoms with Gasteiger partial charge in [0, 0.05) is 11.1 Å². The lowest BCUT2D eigenvalue weighted by Crippen LogP contribution is -1.97. The van der Waals surface area contributed by atoms with Gasteiger partial charge < -0.3 is 14.9 Å². The second kappa shape index (κ2) is 6.54. The maximum atomic E-state index is 10.9. The molecule has 0 aliphatic carbocycles. The fraction of sp³-hybridized carbons (Fsp3) is 0.133. The number of carbonyl (C=O) groups is 1. The van der Waals surface area contributed by atoms with Gasteiger partial charge in [-0.25, -0.2) is 4.79 Å². The van der Waals surface area contributed by atoms with Crippen LogP contribution in [-0.2, 0) is 6.42 Å². The van der Waals surface area contributed by atoms with E-state index >= 15 is 0 Å². The van der Waals surface area contributed by atoms with E-state index in [2.05, 4.69) is 15.9 Å². The predicted molar refractivity (Wildman–Crippen MR) is 78.4 cm³/mol. The number of aromatic carboxylic acids is 1. The zero-order valence-corrected chi connectivity index (χ0v) is 12.1. The molecule has 0 unspecified atom stereocenters. The SMILES string of the molecule is O=C(O)c1ccc(Oc2ccc(CCO)cc2)cc1Br. The maximum absolute atomic E-state index is 10.9. The van der Waals surface area contributed by atoms with Crippen molar-refractivity contribution < 1.29 is 19.7 Å². The number of hydrogen-bond donors (Lipinski definition) is 2. The number of carboxylic acid groups (broad SMARTS) is 1. The van der Waals surface area contributed by atoms with Crippen molar-refractivity contribution in [2.75, 3.05) is 6.61 Å². The van der Waals surface area contributed by atoms with E-state index in [-0.39, 0.29) is 12.2 Å². The number of rotatable bonds is 5. The van der Waals surface area contributed by atoms with E-state index in [9.17, 15) is 4.79 Å². The molecule has 0 radical (unpaired) electrons. The average molecular weight is 337 g/mol. The van der Waals surface area contributed by atoms with Crippen LogP contribution >= 0.6 is 15.9 Å². The first kappa shape index (κ1) is 14.6. The Hall–Kier alpha value is -1.85. The number of carboxylic acids is 1. The lowest BCUT2D eigenvalue weighted by Gasteiger charge is -2.08. The minimum Gasteiger partial charge on any atom is -0.478 e. The highest BCUT2D eigenvalue weighted by Gasteiger charge is 2.09. The normalized spacial score (nSPS) is 10.3. The fourth-order valence-electron chi connectivity index (χ4n) is 1.72. The predicted octanol–water partition coefficient (Wildman–Crippen LogP) is 3.47. The number of benzene rings is 2. The van der Waals surface area contributed by atoms with Gasteiger partial charge in [0.05, 0.1) is 5.56 Å². The standard InChI is InChI=1S/C15H13BrO4/c16-14-9-12(5-6-13(14)15(18)19)20-11-3-1-10(2-4-11)7-8-17/h1-6,9,17H,7-8H2,(H,18,19). The number of aliphatic hydroxyl groups is 1. The molecule has 2 N–H and O–H groups in total. The topological polar surface area (TPSA) is 66.8 Å². The van der Waals surface area contributed by atoms with Gasteiger partial charge >= 0.3 is 5.97 Å². The minimum absolute atomic E-state index is 0.115. The molecule has 104 valence electrons. The Bertz CT molecular complexity index is 608. The van der Waals surface area contributed by atoms with Crippen LogP contribution in [0.1, 0.15) is 15.9 Å². The molecule has 2 aromatic carbocycles. The van der Waals surface area contributed by atoms with Crippen molar-refractivity contribution in [2.24, 2.45) is 0 Å². The van der Waals surface area contributed by atoms with Crippen LogP contribution < -0.4 is 4.74 Å². The van der Waals surface area contributed by atoms with Gasteiger partial charge in [0.1, 0.15) is 11.5 Å². The fourth-order valence-corrected chi connectivity index (χ4v) is 2.25. The summed E-state index contributed by atoms with van der Waals surface area (Å²) in [5.41, 5.74) is 1.22. The van der Waals surface area contributed by atoms with Crippen LogP contribution in [0, 0.1) is 0 Å². The first-order valence-electron chi connectivity index (χ1n) is 6.00. The molecule has 5 heteroatoms. The van der Waals surface area contributed by atoms with E-state index < -0.39 is 5.97 Å². The third-order valence-corrected chi connectivity index (χ3v) is 3.39. The highest BCUT2D eigenvalue weighted by molar-refractivity contribution is 9.10. The molecule has 0 heterocycles. The van der Waals surface area contributed by atoms with Crippen molar-refractivity contribution >= 4 is 21.9 Å². The summed E-state index contributed by atoms with van der Waals surface area (Å²) >= 11 is 3.20. The molecule has 0 fully saturated rings. The molecule has 0 aliphatic rings. The van der Waals surface area contributed by atoms with Crippen molar-refractivity contribution in [1.82, 2.24) is 0 Å². The zero-order valence-electron chi connectivity index (χ0n) is 10.5. The summed E-state index contributed by atoms with van der Waals surface area (Å²) in [5.74, 6) is 0.218. The van der Waals surface area contributed by atoms with Gasteiger partial charge in [0.25, 0.3) is 0 Å². The van der Waals surface area contributed by atoms with Gasteiger partial charge in [0.15, 0.2) is 0 Å². The van der Waals surface area contributed by atoms with Crippen LogP contribution in [0.25, 0.3) is 0 Å². The van der Waals surface area contributed by atoms with E-state index in [1.807, 2.05) is 24.3 Å². The van der Waals surface area contributed by atoms with Gasteiger partial charge in [-0.3, -0.25) is 0 Å². The number of hydrogen-bond acceptors (Lipinski definition) is 3. The summed E-state index contributed by atoms with van der Waals surface area (Å²) in [6.45, 7) is 0.115.